The normalized spacial score (nSPS) is 11.8. The van der Waals surface area contributed by atoms with Crippen molar-refractivity contribution in [3.63, 3.8) is 0 Å². The van der Waals surface area contributed by atoms with Gasteiger partial charge in [0.05, 0.1) is 18.7 Å². The van der Waals surface area contributed by atoms with Gasteiger partial charge in [0.15, 0.2) is 0 Å². The van der Waals surface area contributed by atoms with Crippen molar-refractivity contribution in [2.45, 2.75) is 19.9 Å². The highest BCUT2D eigenvalue weighted by Gasteiger charge is 2.17. The Morgan fingerprint density at radius 2 is 2.00 bits per heavy atom. The van der Waals surface area contributed by atoms with Crippen molar-refractivity contribution >= 4 is 11.9 Å². The maximum Gasteiger partial charge on any atom is 0.338 e. The number of amides is 1. The van der Waals surface area contributed by atoms with Crippen LogP contribution in [0.2, 0.25) is 0 Å². The number of aromatic hydroxyl groups is 1. The summed E-state index contributed by atoms with van der Waals surface area (Å²) in [5.74, 6) is -0.615. The number of aromatic nitrogens is 2. The largest absolute Gasteiger partial charge is 0.508 e. The van der Waals surface area contributed by atoms with Crippen LogP contribution in [0.1, 0.15) is 45.2 Å². The number of methoxy groups -OCH3 is 1. The molecule has 1 unspecified atom stereocenters. The summed E-state index contributed by atoms with van der Waals surface area (Å²) in [5.41, 5.74) is 1.16. The van der Waals surface area contributed by atoms with Crippen LogP contribution in [-0.2, 0) is 4.74 Å². The fourth-order valence-corrected chi connectivity index (χ4v) is 1.98. The van der Waals surface area contributed by atoms with E-state index in [1.54, 1.807) is 13.1 Å². The molecule has 0 saturated carbocycles. The van der Waals surface area contributed by atoms with Crippen LogP contribution in [0.4, 0.5) is 0 Å². The Kier molecular flexibility index (Phi) is 4.45. The van der Waals surface area contributed by atoms with Crippen molar-refractivity contribution in [2.75, 3.05) is 7.11 Å². The molecule has 1 heterocycles. The van der Waals surface area contributed by atoms with E-state index in [1.165, 1.54) is 25.3 Å². The van der Waals surface area contributed by atoms with Gasteiger partial charge in [0, 0.05) is 17.5 Å². The molecule has 0 bridgehead atoms. The van der Waals surface area contributed by atoms with Crippen LogP contribution in [0.25, 0.3) is 0 Å². The first kappa shape index (κ1) is 15.6. The monoisotopic (exact) mass is 303 g/mol. The van der Waals surface area contributed by atoms with Crippen LogP contribution < -0.4 is 5.32 Å². The molecule has 7 nitrogen and oxygen atoms in total. The molecular formula is C15H17N3O4. The van der Waals surface area contributed by atoms with Gasteiger partial charge in [-0.25, -0.2) is 9.78 Å². The zero-order valence-electron chi connectivity index (χ0n) is 12.5. The summed E-state index contributed by atoms with van der Waals surface area (Å²) in [6.07, 6.45) is 1.67. The number of phenolic OH excluding ortho intramolecular Hbond substituents is 1. The average Bonchev–Trinajstić information content (AvgIpc) is 2.92. The third-order valence-electron chi connectivity index (χ3n) is 3.08. The van der Waals surface area contributed by atoms with Gasteiger partial charge in [0.1, 0.15) is 11.6 Å². The Labute approximate surface area is 127 Å². The Balaban J connectivity index is 2.18. The second-order valence-corrected chi connectivity index (χ2v) is 4.91. The number of carbonyl (C=O) groups excluding carboxylic acids is 2. The maximum absolute atomic E-state index is 12.2. The first-order valence-corrected chi connectivity index (χ1v) is 6.65. The lowest BCUT2D eigenvalue weighted by Crippen LogP contribution is -2.27. The second kappa shape index (κ2) is 6.30. The molecule has 0 saturated heterocycles. The maximum atomic E-state index is 12.2. The number of rotatable bonds is 4. The average molecular weight is 303 g/mol. The van der Waals surface area contributed by atoms with Crippen molar-refractivity contribution in [3.05, 3.63) is 47.0 Å². The number of esters is 1. The Morgan fingerprint density at radius 3 is 2.59 bits per heavy atom. The van der Waals surface area contributed by atoms with Crippen LogP contribution in [0, 0.1) is 6.92 Å². The van der Waals surface area contributed by atoms with E-state index >= 15 is 0 Å². The zero-order chi connectivity index (χ0) is 16.3. The van der Waals surface area contributed by atoms with E-state index in [-0.39, 0.29) is 22.9 Å². The highest BCUT2D eigenvalue weighted by atomic mass is 16.5. The molecule has 1 amide bonds. The van der Waals surface area contributed by atoms with Crippen molar-refractivity contribution < 1.29 is 19.4 Å². The zero-order valence-corrected chi connectivity index (χ0v) is 12.5. The van der Waals surface area contributed by atoms with Crippen molar-refractivity contribution in [1.29, 1.82) is 0 Å². The van der Waals surface area contributed by atoms with E-state index < -0.39 is 11.9 Å². The number of ether oxygens (including phenoxy) is 1. The van der Waals surface area contributed by atoms with Crippen LogP contribution in [0.15, 0.2) is 24.4 Å². The fraction of sp³-hybridized carbons (Fsp3) is 0.267. The first-order valence-electron chi connectivity index (χ1n) is 6.65. The molecule has 0 radical (unpaired) electrons. The molecule has 0 aliphatic rings. The standard InChI is InChI=1S/C15H17N3O4/c1-8-7-16-13(17-8)9(2)18-14(20)10-4-11(15(21)22-3)6-12(19)5-10/h4-7,9,19H,1-3H3,(H,16,17)(H,18,20). The van der Waals surface area contributed by atoms with Gasteiger partial charge in [0.2, 0.25) is 0 Å². The predicted octanol–water partition coefficient (Wildman–Crippen LogP) is 1.70. The van der Waals surface area contributed by atoms with E-state index in [0.717, 1.165) is 5.69 Å². The molecular weight excluding hydrogens is 286 g/mol. The Hall–Kier alpha value is -2.83. The number of nitrogens with one attached hydrogen (secondary N) is 2. The van der Waals surface area contributed by atoms with Gasteiger partial charge >= 0.3 is 5.97 Å². The smallest absolute Gasteiger partial charge is 0.338 e. The lowest BCUT2D eigenvalue weighted by atomic mass is 10.1. The minimum Gasteiger partial charge on any atom is -0.508 e. The predicted molar refractivity (Wildman–Crippen MR) is 78.7 cm³/mol. The Morgan fingerprint density at radius 1 is 1.32 bits per heavy atom. The molecule has 22 heavy (non-hydrogen) atoms. The van der Waals surface area contributed by atoms with Crippen LogP contribution in [0.5, 0.6) is 5.75 Å². The second-order valence-electron chi connectivity index (χ2n) is 4.91. The summed E-state index contributed by atoms with van der Waals surface area (Å²) >= 11 is 0. The lowest BCUT2D eigenvalue weighted by Gasteiger charge is -2.12. The number of hydrogen-bond acceptors (Lipinski definition) is 5. The summed E-state index contributed by atoms with van der Waals surface area (Å²) in [6.45, 7) is 3.64. The van der Waals surface area contributed by atoms with Gasteiger partial charge in [-0.3, -0.25) is 4.79 Å². The van der Waals surface area contributed by atoms with Crippen molar-refractivity contribution in [3.8, 4) is 5.75 Å². The third-order valence-corrected chi connectivity index (χ3v) is 3.08. The van der Waals surface area contributed by atoms with Crippen molar-refractivity contribution in [2.24, 2.45) is 0 Å². The number of carbonyl (C=O) groups is 2. The number of aryl methyl sites for hydroxylation is 1. The summed E-state index contributed by atoms with van der Waals surface area (Å²) in [5, 5.41) is 12.4. The van der Waals surface area contributed by atoms with Crippen LogP contribution in [0.3, 0.4) is 0 Å². The highest BCUT2D eigenvalue weighted by molar-refractivity contribution is 5.98. The Bertz CT molecular complexity index is 709. The molecule has 1 aromatic heterocycles. The quantitative estimate of drug-likeness (QED) is 0.746. The number of imidazole rings is 1. The van der Waals surface area contributed by atoms with E-state index in [1.807, 2.05) is 6.92 Å². The molecule has 1 atom stereocenters. The topological polar surface area (TPSA) is 104 Å². The molecule has 0 spiro atoms. The van der Waals surface area contributed by atoms with Gasteiger partial charge in [-0.1, -0.05) is 0 Å². The van der Waals surface area contributed by atoms with Crippen LogP contribution in [-0.4, -0.2) is 34.1 Å². The molecule has 1 aromatic carbocycles. The summed E-state index contributed by atoms with van der Waals surface area (Å²) in [6, 6.07) is 3.54. The van der Waals surface area contributed by atoms with E-state index in [9.17, 15) is 14.7 Å². The molecule has 2 aromatic rings. The highest BCUT2D eigenvalue weighted by Crippen LogP contribution is 2.18. The summed E-state index contributed by atoms with van der Waals surface area (Å²) in [7, 11) is 1.23. The van der Waals surface area contributed by atoms with Gasteiger partial charge in [0.25, 0.3) is 5.91 Å². The lowest BCUT2D eigenvalue weighted by molar-refractivity contribution is 0.0600. The number of phenols is 1. The van der Waals surface area contributed by atoms with E-state index in [4.69, 9.17) is 0 Å². The number of aromatic amines is 1. The van der Waals surface area contributed by atoms with Gasteiger partial charge in [-0.05, 0) is 32.0 Å². The summed E-state index contributed by atoms with van der Waals surface area (Å²) < 4.78 is 4.58. The van der Waals surface area contributed by atoms with Gasteiger partial charge in [-0.2, -0.15) is 0 Å². The number of H-pyrrole nitrogens is 1. The van der Waals surface area contributed by atoms with Crippen LogP contribution >= 0.6 is 0 Å². The molecule has 2 rings (SSSR count). The SMILES string of the molecule is COC(=O)c1cc(O)cc(C(=O)NC(C)c2ncc(C)[nH]2)c1. The fourth-order valence-electron chi connectivity index (χ4n) is 1.98. The molecule has 0 fully saturated rings. The van der Waals surface area contributed by atoms with Crippen molar-refractivity contribution in [1.82, 2.24) is 15.3 Å². The number of hydrogen-bond donors (Lipinski definition) is 3. The molecule has 3 N–H and O–H groups in total. The number of benzene rings is 1. The molecule has 0 aliphatic carbocycles. The first-order chi connectivity index (χ1) is 10.4. The summed E-state index contributed by atoms with van der Waals surface area (Å²) in [4.78, 5) is 30.9. The molecule has 0 aliphatic heterocycles. The van der Waals surface area contributed by atoms with Gasteiger partial charge in [-0.15, -0.1) is 0 Å². The minimum absolute atomic E-state index is 0.106. The van der Waals surface area contributed by atoms with E-state index in [0.29, 0.717) is 5.82 Å². The molecule has 7 heteroatoms. The minimum atomic E-state index is -0.625. The number of nitrogens with zero attached hydrogens (tertiary/aromatic N) is 1. The van der Waals surface area contributed by atoms with E-state index in [2.05, 4.69) is 20.0 Å². The third kappa shape index (κ3) is 3.43. The van der Waals surface area contributed by atoms with Gasteiger partial charge < -0.3 is 20.1 Å². The molecule has 116 valence electrons.